The van der Waals surface area contributed by atoms with E-state index < -0.39 is 0 Å². The molecule has 0 aliphatic rings. The molecule has 0 radical (unpaired) electrons. The minimum Gasteiger partial charge on any atom is -0.396 e. The van der Waals surface area contributed by atoms with E-state index in [0.29, 0.717) is 17.6 Å². The molecule has 2 aromatic heterocycles. The first kappa shape index (κ1) is 19.2. The Bertz CT molecular complexity index is 833. The van der Waals surface area contributed by atoms with Gasteiger partial charge in [0.15, 0.2) is 5.65 Å². The summed E-state index contributed by atoms with van der Waals surface area (Å²) in [6.45, 7) is 8.42. The number of hydrogen-bond donors (Lipinski definition) is 3. The highest BCUT2D eigenvalue weighted by Gasteiger charge is 2.18. The van der Waals surface area contributed by atoms with E-state index in [1.807, 2.05) is 27.7 Å². The molecule has 1 amide bonds. The Labute approximate surface area is 147 Å². The minimum absolute atomic E-state index is 0.0819. The summed E-state index contributed by atoms with van der Waals surface area (Å²) in [5, 5.41) is 15.4. The Hall–Kier alpha value is -2.15. The van der Waals surface area contributed by atoms with Crippen LogP contribution in [0, 0.1) is 19.3 Å². The number of nitrogens with zero attached hydrogens (tertiary/aromatic N) is 2. The molecule has 0 aliphatic heterocycles. The molecule has 0 spiro atoms. The maximum Gasteiger partial charge on any atom is 0.273 e. The lowest BCUT2D eigenvalue weighted by Crippen LogP contribution is -2.28. The van der Waals surface area contributed by atoms with Gasteiger partial charge in [-0.2, -0.15) is 0 Å². The highest BCUT2D eigenvalue weighted by molar-refractivity contribution is 5.84. The zero-order valence-corrected chi connectivity index (χ0v) is 15.7. The number of aryl methyl sites for hydroxylation is 3. The van der Waals surface area contributed by atoms with Crippen LogP contribution < -0.4 is 10.9 Å². The second kappa shape index (κ2) is 7.39. The van der Waals surface area contributed by atoms with E-state index in [0.717, 1.165) is 29.7 Å². The molecule has 0 aliphatic carbocycles. The highest BCUT2D eigenvalue weighted by atomic mass is 16.3. The number of aromatic nitrogens is 3. The molecule has 0 saturated heterocycles. The Kier molecular flexibility index (Phi) is 5.67. The molecule has 3 N–H and O–H groups in total. The van der Waals surface area contributed by atoms with E-state index >= 15 is 0 Å². The number of carbonyl (C=O) groups excluding carboxylic acids is 1. The number of nitrogens with one attached hydrogen (secondary N) is 2. The van der Waals surface area contributed by atoms with Gasteiger partial charge in [-0.05, 0) is 43.2 Å². The molecule has 0 bridgehead atoms. The van der Waals surface area contributed by atoms with Crippen molar-refractivity contribution in [3.8, 4) is 0 Å². The van der Waals surface area contributed by atoms with E-state index in [9.17, 15) is 14.7 Å². The number of fused-ring (bicyclic) bond motifs is 1. The van der Waals surface area contributed by atoms with Crippen LogP contribution in [0.3, 0.4) is 0 Å². The predicted octanol–water partition coefficient (Wildman–Crippen LogP) is 1.34. The number of H-pyrrole nitrogens is 1. The minimum atomic E-state index is -0.185. The van der Waals surface area contributed by atoms with Gasteiger partial charge in [0.1, 0.15) is 0 Å². The Morgan fingerprint density at radius 1 is 1.36 bits per heavy atom. The molecule has 2 rings (SSSR count). The molecule has 0 aromatic carbocycles. The lowest BCUT2D eigenvalue weighted by Gasteiger charge is -2.21. The van der Waals surface area contributed by atoms with Crippen molar-refractivity contribution in [2.24, 2.45) is 12.5 Å². The van der Waals surface area contributed by atoms with E-state index in [4.69, 9.17) is 0 Å². The van der Waals surface area contributed by atoms with Crippen LogP contribution in [0.25, 0.3) is 11.0 Å². The number of aromatic amines is 1. The zero-order chi connectivity index (χ0) is 18.8. The van der Waals surface area contributed by atoms with Crippen molar-refractivity contribution in [3.63, 3.8) is 0 Å². The number of aliphatic hydroxyl groups excluding tert-OH is 1. The van der Waals surface area contributed by atoms with Gasteiger partial charge in [-0.25, -0.2) is 4.98 Å². The van der Waals surface area contributed by atoms with Crippen LogP contribution in [0.4, 0.5) is 0 Å². The first-order valence-electron chi connectivity index (χ1n) is 8.58. The second-order valence-corrected chi connectivity index (χ2v) is 7.45. The van der Waals surface area contributed by atoms with E-state index in [1.165, 1.54) is 0 Å². The molecule has 0 saturated carbocycles. The third kappa shape index (κ3) is 4.28. The van der Waals surface area contributed by atoms with Crippen LogP contribution in [0.15, 0.2) is 4.79 Å². The Balaban J connectivity index is 2.06. The van der Waals surface area contributed by atoms with Gasteiger partial charge in [0, 0.05) is 25.9 Å². The molecule has 2 aromatic rings. The lowest BCUT2D eigenvalue weighted by molar-refractivity contribution is -0.120. The standard InChI is InChI=1S/C18H28N4O3/c1-11-13(9-14(24)19-8-6-7-18(3,4)10-23)12(2)20-16-15(11)17(25)21-22(16)5/h23H,6-10H2,1-5H3,(H,19,24)(H,21,25). The predicted molar refractivity (Wildman–Crippen MR) is 97.6 cm³/mol. The number of rotatable bonds is 7. The summed E-state index contributed by atoms with van der Waals surface area (Å²) in [6.07, 6.45) is 1.86. The smallest absolute Gasteiger partial charge is 0.273 e. The van der Waals surface area contributed by atoms with Gasteiger partial charge in [0.05, 0.1) is 11.8 Å². The first-order valence-corrected chi connectivity index (χ1v) is 8.58. The molecule has 25 heavy (non-hydrogen) atoms. The number of aliphatic hydroxyl groups is 1. The van der Waals surface area contributed by atoms with Crippen molar-refractivity contribution in [2.75, 3.05) is 13.2 Å². The van der Waals surface area contributed by atoms with Crippen molar-refractivity contribution in [2.45, 2.75) is 47.0 Å². The molecule has 7 heteroatoms. The molecular formula is C18H28N4O3. The van der Waals surface area contributed by atoms with Gasteiger partial charge in [-0.15, -0.1) is 0 Å². The summed E-state index contributed by atoms with van der Waals surface area (Å²) in [5.74, 6) is -0.0819. The van der Waals surface area contributed by atoms with Crippen LogP contribution in [-0.4, -0.2) is 38.9 Å². The Morgan fingerprint density at radius 2 is 2.04 bits per heavy atom. The van der Waals surface area contributed by atoms with Crippen LogP contribution in [-0.2, 0) is 18.3 Å². The second-order valence-electron chi connectivity index (χ2n) is 7.45. The summed E-state index contributed by atoms with van der Waals surface area (Å²) < 4.78 is 1.60. The van der Waals surface area contributed by atoms with Gasteiger partial charge >= 0.3 is 0 Å². The summed E-state index contributed by atoms with van der Waals surface area (Å²) in [4.78, 5) is 28.8. The fraction of sp³-hybridized carbons (Fsp3) is 0.611. The maximum atomic E-state index is 12.3. The maximum absolute atomic E-state index is 12.3. The van der Waals surface area contributed by atoms with Crippen molar-refractivity contribution in [1.29, 1.82) is 0 Å². The quantitative estimate of drug-likeness (QED) is 0.657. The largest absolute Gasteiger partial charge is 0.396 e. The fourth-order valence-electron chi connectivity index (χ4n) is 3.01. The van der Waals surface area contributed by atoms with Gasteiger partial charge in [0.2, 0.25) is 5.91 Å². The molecule has 0 atom stereocenters. The molecule has 2 heterocycles. The van der Waals surface area contributed by atoms with Crippen LogP contribution >= 0.6 is 0 Å². The van der Waals surface area contributed by atoms with E-state index in [-0.39, 0.29) is 29.9 Å². The van der Waals surface area contributed by atoms with Gasteiger partial charge in [-0.3, -0.25) is 19.4 Å². The van der Waals surface area contributed by atoms with Crippen LogP contribution in [0.5, 0.6) is 0 Å². The normalized spacial score (nSPS) is 11.9. The molecule has 138 valence electrons. The average molecular weight is 348 g/mol. The van der Waals surface area contributed by atoms with E-state index in [1.54, 1.807) is 11.7 Å². The summed E-state index contributed by atoms with van der Waals surface area (Å²) in [5.41, 5.74) is 2.67. The number of hydrogen-bond acceptors (Lipinski definition) is 4. The fourth-order valence-corrected chi connectivity index (χ4v) is 3.01. The average Bonchev–Trinajstić information content (AvgIpc) is 2.82. The van der Waals surface area contributed by atoms with Crippen molar-refractivity contribution in [3.05, 3.63) is 27.2 Å². The number of carbonyl (C=O) groups is 1. The number of pyridine rings is 1. The van der Waals surface area contributed by atoms with E-state index in [2.05, 4.69) is 15.4 Å². The van der Waals surface area contributed by atoms with Crippen LogP contribution in [0.2, 0.25) is 0 Å². The van der Waals surface area contributed by atoms with Gasteiger partial charge < -0.3 is 10.4 Å². The van der Waals surface area contributed by atoms with Crippen molar-refractivity contribution >= 4 is 16.9 Å². The first-order chi connectivity index (χ1) is 11.7. The molecule has 7 nitrogen and oxygen atoms in total. The SMILES string of the molecule is Cc1nc2c(c(C)c1CC(=O)NCCCC(C)(C)CO)c(=O)[nH]n2C. The molecular weight excluding hydrogens is 320 g/mol. The van der Waals surface area contributed by atoms with Gasteiger partial charge in [0.25, 0.3) is 5.56 Å². The highest BCUT2D eigenvalue weighted by Crippen LogP contribution is 2.21. The summed E-state index contributed by atoms with van der Waals surface area (Å²) >= 11 is 0. The monoisotopic (exact) mass is 348 g/mol. The summed E-state index contributed by atoms with van der Waals surface area (Å²) in [7, 11) is 1.75. The topological polar surface area (TPSA) is 100 Å². The zero-order valence-electron chi connectivity index (χ0n) is 15.7. The van der Waals surface area contributed by atoms with Gasteiger partial charge in [-0.1, -0.05) is 13.8 Å². The van der Waals surface area contributed by atoms with Crippen molar-refractivity contribution < 1.29 is 9.90 Å². The molecule has 0 fully saturated rings. The summed E-state index contributed by atoms with van der Waals surface area (Å²) in [6, 6.07) is 0. The molecule has 0 unspecified atom stereocenters. The third-order valence-corrected chi connectivity index (χ3v) is 4.69. The Morgan fingerprint density at radius 3 is 2.68 bits per heavy atom. The third-order valence-electron chi connectivity index (χ3n) is 4.69. The number of amides is 1. The lowest BCUT2D eigenvalue weighted by atomic mass is 9.89. The van der Waals surface area contributed by atoms with Crippen LogP contribution in [0.1, 0.15) is 43.5 Å². The van der Waals surface area contributed by atoms with Crippen molar-refractivity contribution in [1.82, 2.24) is 20.1 Å².